The normalized spacial score (nSPS) is 10.7. The van der Waals surface area contributed by atoms with Crippen LogP contribution in [0.5, 0.6) is 11.5 Å². The Balaban J connectivity index is 1.75. The monoisotopic (exact) mass is 453 g/mol. The first kappa shape index (κ1) is 23.7. The summed E-state index contributed by atoms with van der Waals surface area (Å²) in [6.07, 6.45) is 3.42. The van der Waals surface area contributed by atoms with Crippen LogP contribution in [-0.4, -0.2) is 43.2 Å². The van der Waals surface area contributed by atoms with Crippen LogP contribution in [0.4, 0.5) is 11.5 Å². The quantitative estimate of drug-likeness (QED) is 0.345. The fourth-order valence-electron chi connectivity index (χ4n) is 3.31. The van der Waals surface area contributed by atoms with Crippen LogP contribution in [0.2, 0.25) is 0 Å². The van der Waals surface area contributed by atoms with Crippen molar-refractivity contribution in [2.45, 2.75) is 26.2 Å². The molecule has 3 aromatic rings. The van der Waals surface area contributed by atoms with E-state index in [4.69, 9.17) is 9.47 Å². The lowest BCUT2D eigenvalue weighted by atomic mass is 10.1. The summed E-state index contributed by atoms with van der Waals surface area (Å²) in [4.78, 5) is 17.7. The van der Waals surface area contributed by atoms with E-state index in [0.29, 0.717) is 29.4 Å². The van der Waals surface area contributed by atoms with Gasteiger partial charge in [0.2, 0.25) is 0 Å². The molecule has 3 rings (SSSR count). The molecular weight excluding hydrogens is 422 g/mol. The number of nitrogens with zero attached hydrogens (tertiary/aromatic N) is 1. The van der Waals surface area contributed by atoms with Crippen LogP contribution in [0.25, 0.3) is 10.9 Å². The lowest BCUT2D eigenvalue weighted by Crippen LogP contribution is -2.25. The first-order valence-electron chi connectivity index (χ1n) is 10.9. The Morgan fingerprint density at radius 2 is 1.78 bits per heavy atom. The topological polar surface area (TPSA) is 72.5 Å². The molecule has 2 N–H and O–H groups in total. The second-order valence-electron chi connectivity index (χ2n) is 7.34. The number of para-hydroxylation sites is 1. The molecule has 1 amide bonds. The highest BCUT2D eigenvalue weighted by Crippen LogP contribution is 2.31. The van der Waals surface area contributed by atoms with Crippen molar-refractivity contribution in [1.82, 2.24) is 10.3 Å². The number of aromatic nitrogens is 1. The van der Waals surface area contributed by atoms with E-state index in [1.807, 2.05) is 54.2 Å². The number of hydrogen-bond donors (Lipinski definition) is 2. The first-order chi connectivity index (χ1) is 15.7. The number of carbonyl (C=O) groups excluding carboxylic acids is 1. The molecule has 0 bridgehead atoms. The van der Waals surface area contributed by atoms with Gasteiger partial charge in [-0.25, -0.2) is 4.98 Å². The van der Waals surface area contributed by atoms with Gasteiger partial charge < -0.3 is 20.1 Å². The molecule has 7 heteroatoms. The van der Waals surface area contributed by atoms with Crippen molar-refractivity contribution >= 4 is 40.1 Å². The number of anilines is 2. The van der Waals surface area contributed by atoms with Gasteiger partial charge in [-0.1, -0.05) is 31.5 Å². The highest BCUT2D eigenvalue weighted by molar-refractivity contribution is 7.99. The number of amides is 1. The third kappa shape index (κ3) is 6.29. The Bertz CT molecular complexity index is 1040. The zero-order valence-electron chi connectivity index (χ0n) is 18.9. The SMILES string of the molecule is CCCCSCCCNC(=O)c1cc(Nc2ccc(OC)c(OC)c2)nc2ccccc12. The maximum absolute atomic E-state index is 13.0. The van der Waals surface area contributed by atoms with Crippen molar-refractivity contribution in [3.8, 4) is 11.5 Å². The van der Waals surface area contributed by atoms with Crippen LogP contribution in [-0.2, 0) is 0 Å². The standard InChI is InChI=1S/C25H31N3O3S/c1-4-5-14-32-15-8-13-26-25(29)20-17-24(28-21-10-7-6-9-19(20)21)27-18-11-12-22(30-2)23(16-18)31-3/h6-7,9-12,16-17H,4-5,8,13-15H2,1-3H3,(H,26,29)(H,27,28). The summed E-state index contributed by atoms with van der Waals surface area (Å²) in [7, 11) is 3.20. The molecule has 0 aliphatic carbocycles. The summed E-state index contributed by atoms with van der Waals surface area (Å²) in [5.41, 5.74) is 2.16. The summed E-state index contributed by atoms with van der Waals surface area (Å²) in [6, 6.07) is 15.0. The van der Waals surface area contributed by atoms with E-state index in [1.165, 1.54) is 18.6 Å². The largest absolute Gasteiger partial charge is 0.493 e. The number of benzene rings is 2. The zero-order valence-corrected chi connectivity index (χ0v) is 19.8. The fraction of sp³-hybridized carbons (Fsp3) is 0.360. The maximum atomic E-state index is 13.0. The number of fused-ring (bicyclic) bond motifs is 1. The minimum Gasteiger partial charge on any atom is -0.493 e. The van der Waals surface area contributed by atoms with Gasteiger partial charge in [0.15, 0.2) is 11.5 Å². The molecule has 0 atom stereocenters. The Morgan fingerprint density at radius 3 is 2.56 bits per heavy atom. The van der Waals surface area contributed by atoms with Gasteiger partial charge in [0, 0.05) is 23.7 Å². The summed E-state index contributed by atoms with van der Waals surface area (Å²) in [5.74, 6) is 4.02. The fourth-order valence-corrected chi connectivity index (χ4v) is 4.35. The molecule has 1 heterocycles. The van der Waals surface area contributed by atoms with E-state index in [-0.39, 0.29) is 5.91 Å². The van der Waals surface area contributed by atoms with E-state index in [1.54, 1.807) is 20.3 Å². The number of thioether (sulfide) groups is 1. The van der Waals surface area contributed by atoms with E-state index < -0.39 is 0 Å². The average molecular weight is 454 g/mol. The Labute approximate surface area is 194 Å². The molecule has 170 valence electrons. The van der Waals surface area contributed by atoms with Crippen LogP contribution in [0.3, 0.4) is 0 Å². The van der Waals surface area contributed by atoms with Gasteiger partial charge in [0.1, 0.15) is 5.82 Å². The Morgan fingerprint density at radius 1 is 1.00 bits per heavy atom. The molecule has 0 radical (unpaired) electrons. The Hall–Kier alpha value is -2.93. The molecule has 0 fully saturated rings. The van der Waals surface area contributed by atoms with Gasteiger partial charge in [0.25, 0.3) is 5.91 Å². The van der Waals surface area contributed by atoms with Gasteiger partial charge in [-0.15, -0.1) is 0 Å². The van der Waals surface area contributed by atoms with Crippen molar-refractivity contribution in [2.24, 2.45) is 0 Å². The predicted molar refractivity (Wildman–Crippen MR) is 134 cm³/mol. The van der Waals surface area contributed by atoms with E-state index in [0.717, 1.165) is 28.8 Å². The molecule has 6 nitrogen and oxygen atoms in total. The highest BCUT2D eigenvalue weighted by atomic mass is 32.2. The summed E-state index contributed by atoms with van der Waals surface area (Å²) in [6.45, 7) is 2.86. The van der Waals surface area contributed by atoms with E-state index in [9.17, 15) is 4.79 Å². The number of nitrogens with one attached hydrogen (secondary N) is 2. The molecule has 0 aliphatic rings. The predicted octanol–water partition coefficient (Wildman–Crippen LogP) is 5.65. The number of unbranched alkanes of at least 4 members (excludes halogenated alkanes) is 1. The molecule has 0 unspecified atom stereocenters. The van der Waals surface area contributed by atoms with Crippen LogP contribution in [0, 0.1) is 0 Å². The first-order valence-corrected chi connectivity index (χ1v) is 12.1. The number of carbonyl (C=O) groups is 1. The average Bonchev–Trinajstić information content (AvgIpc) is 2.82. The molecule has 0 saturated carbocycles. The lowest BCUT2D eigenvalue weighted by Gasteiger charge is -2.13. The van der Waals surface area contributed by atoms with Crippen molar-refractivity contribution in [2.75, 3.05) is 37.6 Å². The van der Waals surface area contributed by atoms with Crippen molar-refractivity contribution in [3.63, 3.8) is 0 Å². The maximum Gasteiger partial charge on any atom is 0.252 e. The lowest BCUT2D eigenvalue weighted by molar-refractivity contribution is 0.0955. The van der Waals surface area contributed by atoms with Gasteiger partial charge in [-0.05, 0) is 48.6 Å². The summed E-state index contributed by atoms with van der Waals surface area (Å²) < 4.78 is 10.7. The number of pyridine rings is 1. The number of methoxy groups -OCH3 is 2. The van der Waals surface area contributed by atoms with Crippen molar-refractivity contribution in [1.29, 1.82) is 0 Å². The zero-order chi connectivity index (χ0) is 22.8. The number of hydrogen-bond acceptors (Lipinski definition) is 6. The third-order valence-corrected chi connectivity index (χ3v) is 6.16. The van der Waals surface area contributed by atoms with Gasteiger partial charge >= 0.3 is 0 Å². The minimum absolute atomic E-state index is 0.0856. The Kier molecular flexibility index (Phi) is 9.04. The van der Waals surface area contributed by atoms with Crippen LogP contribution >= 0.6 is 11.8 Å². The smallest absolute Gasteiger partial charge is 0.252 e. The molecule has 2 aromatic carbocycles. The number of rotatable bonds is 12. The minimum atomic E-state index is -0.0856. The third-order valence-electron chi connectivity index (χ3n) is 5.01. The summed E-state index contributed by atoms with van der Waals surface area (Å²) >= 11 is 1.95. The molecule has 32 heavy (non-hydrogen) atoms. The molecule has 1 aromatic heterocycles. The van der Waals surface area contributed by atoms with Crippen LogP contribution < -0.4 is 20.1 Å². The second kappa shape index (κ2) is 12.2. The van der Waals surface area contributed by atoms with E-state index >= 15 is 0 Å². The van der Waals surface area contributed by atoms with Crippen LogP contribution in [0.15, 0.2) is 48.5 Å². The van der Waals surface area contributed by atoms with Gasteiger partial charge in [-0.2, -0.15) is 11.8 Å². The molecule has 0 saturated heterocycles. The number of ether oxygens (including phenoxy) is 2. The van der Waals surface area contributed by atoms with Crippen molar-refractivity contribution in [3.05, 3.63) is 54.1 Å². The van der Waals surface area contributed by atoms with Gasteiger partial charge in [0.05, 0.1) is 25.3 Å². The van der Waals surface area contributed by atoms with Crippen LogP contribution in [0.1, 0.15) is 36.5 Å². The molecule has 0 spiro atoms. The molecule has 0 aliphatic heterocycles. The second-order valence-corrected chi connectivity index (χ2v) is 8.57. The van der Waals surface area contributed by atoms with E-state index in [2.05, 4.69) is 22.5 Å². The van der Waals surface area contributed by atoms with Gasteiger partial charge in [-0.3, -0.25) is 4.79 Å². The van der Waals surface area contributed by atoms with Crippen molar-refractivity contribution < 1.29 is 14.3 Å². The summed E-state index contributed by atoms with van der Waals surface area (Å²) in [5, 5.41) is 7.18. The molecular formula is C25H31N3O3S. The highest BCUT2D eigenvalue weighted by Gasteiger charge is 2.13.